The molecule has 2 heterocycles. The summed E-state index contributed by atoms with van der Waals surface area (Å²) in [6.45, 7) is 0. The van der Waals surface area contributed by atoms with Gasteiger partial charge < -0.3 is 4.74 Å². The zero-order valence-electron chi connectivity index (χ0n) is 30.5. The molecule has 6 heteroatoms. The molecule has 0 fully saturated rings. The summed E-state index contributed by atoms with van der Waals surface area (Å²) >= 11 is 14.0. The molecule has 10 rings (SSSR count). The number of aryl methyl sites for hydroxylation is 1. The number of halogens is 2. The molecule has 0 saturated carbocycles. The highest BCUT2D eigenvalue weighted by Gasteiger charge is 2.54. The summed E-state index contributed by atoms with van der Waals surface area (Å²) < 4.78 is 5.96. The van der Waals surface area contributed by atoms with Gasteiger partial charge in [0.2, 0.25) is 0 Å². The Balaban J connectivity index is 1.24. The normalized spacial score (nSPS) is 17.7. The van der Waals surface area contributed by atoms with E-state index >= 15 is 0 Å². The summed E-state index contributed by atoms with van der Waals surface area (Å²) in [5.41, 5.74) is 10.3. The number of rotatable bonds is 9. The van der Waals surface area contributed by atoms with E-state index in [0.717, 1.165) is 73.9 Å². The van der Waals surface area contributed by atoms with Gasteiger partial charge in [-0.15, -0.1) is 0 Å². The SMILES string of the molecule is O=C(CCC1(CC2(CCc3ccccc3)c3cc(Cl)ccc3-c3nc4ccccc4cc32)c2cc(Cl)ccc2-c2nc3ccccc3cc21)Oc1ccccc1. The van der Waals surface area contributed by atoms with Gasteiger partial charge in [-0.25, -0.2) is 9.97 Å². The van der Waals surface area contributed by atoms with E-state index < -0.39 is 10.8 Å². The smallest absolute Gasteiger partial charge is 0.311 e. The lowest BCUT2D eigenvalue weighted by atomic mass is 9.59. The first-order valence-corrected chi connectivity index (χ1v) is 19.9. The van der Waals surface area contributed by atoms with Crippen LogP contribution in [0.5, 0.6) is 5.75 Å². The monoisotopic (exact) mass is 766 g/mol. The molecule has 272 valence electrons. The Morgan fingerprint density at radius 2 is 1.04 bits per heavy atom. The number of hydrogen-bond donors (Lipinski definition) is 0. The van der Waals surface area contributed by atoms with Gasteiger partial charge >= 0.3 is 5.97 Å². The van der Waals surface area contributed by atoms with Gasteiger partial charge in [-0.05, 0) is 114 Å². The zero-order chi connectivity index (χ0) is 37.9. The second kappa shape index (κ2) is 13.7. The maximum atomic E-state index is 13.9. The Morgan fingerprint density at radius 1 is 0.536 bits per heavy atom. The van der Waals surface area contributed by atoms with Gasteiger partial charge in [-0.3, -0.25) is 4.79 Å². The molecule has 56 heavy (non-hydrogen) atoms. The van der Waals surface area contributed by atoms with E-state index in [9.17, 15) is 4.79 Å². The molecule has 0 bridgehead atoms. The van der Waals surface area contributed by atoms with Crippen molar-refractivity contribution in [3.8, 4) is 28.3 Å². The van der Waals surface area contributed by atoms with Crippen molar-refractivity contribution in [3.05, 3.63) is 196 Å². The van der Waals surface area contributed by atoms with Gasteiger partial charge in [0.25, 0.3) is 0 Å². The molecule has 8 aromatic rings. The minimum Gasteiger partial charge on any atom is -0.427 e. The van der Waals surface area contributed by atoms with Crippen molar-refractivity contribution < 1.29 is 9.53 Å². The third-order valence-electron chi connectivity index (χ3n) is 12.0. The van der Waals surface area contributed by atoms with Gasteiger partial charge in [-0.2, -0.15) is 0 Å². The lowest BCUT2D eigenvalue weighted by molar-refractivity contribution is -0.134. The number of pyridine rings is 2. The summed E-state index contributed by atoms with van der Waals surface area (Å²) in [5.74, 6) is 0.239. The van der Waals surface area contributed by atoms with Gasteiger partial charge in [0, 0.05) is 49.2 Å². The Bertz CT molecular complexity index is 2820. The first kappa shape index (κ1) is 34.7. The average Bonchev–Trinajstić information content (AvgIpc) is 3.62. The molecule has 0 aliphatic heterocycles. The highest BCUT2D eigenvalue weighted by atomic mass is 35.5. The van der Waals surface area contributed by atoms with Crippen LogP contribution in [0.4, 0.5) is 0 Å². The third kappa shape index (κ3) is 5.79. The third-order valence-corrected chi connectivity index (χ3v) is 12.5. The predicted molar refractivity (Wildman–Crippen MR) is 227 cm³/mol. The van der Waals surface area contributed by atoms with Crippen LogP contribution in [0, 0.1) is 0 Å². The van der Waals surface area contributed by atoms with Gasteiger partial charge in [0.1, 0.15) is 5.75 Å². The first-order valence-electron chi connectivity index (χ1n) is 19.1. The van der Waals surface area contributed by atoms with Crippen LogP contribution in [0.25, 0.3) is 44.3 Å². The second-order valence-corrected chi connectivity index (χ2v) is 16.0. The number of fused-ring (bicyclic) bond motifs is 8. The molecular formula is C50H36Cl2N2O2. The summed E-state index contributed by atoms with van der Waals surface area (Å²) in [6, 6.07) is 53.6. The van der Waals surface area contributed by atoms with Crippen LogP contribution in [-0.4, -0.2) is 15.9 Å². The quantitative estimate of drug-likeness (QED) is 0.108. The van der Waals surface area contributed by atoms with Crippen LogP contribution in [0.1, 0.15) is 53.5 Å². The fourth-order valence-electron chi connectivity index (χ4n) is 9.50. The minimum atomic E-state index is -0.716. The molecular weight excluding hydrogens is 731 g/mol. The molecule has 0 spiro atoms. The van der Waals surface area contributed by atoms with E-state index in [-0.39, 0.29) is 12.4 Å². The highest BCUT2D eigenvalue weighted by Crippen LogP contribution is 2.62. The molecule has 2 aromatic heterocycles. The lowest BCUT2D eigenvalue weighted by Gasteiger charge is -2.43. The van der Waals surface area contributed by atoms with Crippen molar-refractivity contribution in [3.63, 3.8) is 0 Å². The molecule has 2 aliphatic rings. The molecule has 2 atom stereocenters. The summed E-state index contributed by atoms with van der Waals surface area (Å²) in [4.78, 5) is 24.7. The van der Waals surface area contributed by atoms with Crippen molar-refractivity contribution in [2.75, 3.05) is 0 Å². The topological polar surface area (TPSA) is 52.1 Å². The van der Waals surface area contributed by atoms with E-state index in [1.807, 2.05) is 54.6 Å². The fraction of sp³-hybridized carbons (Fsp3) is 0.140. The number of carbonyl (C=O) groups is 1. The minimum absolute atomic E-state index is 0.174. The number of esters is 1. The number of hydrogen-bond acceptors (Lipinski definition) is 4. The van der Waals surface area contributed by atoms with E-state index in [0.29, 0.717) is 28.6 Å². The number of para-hydroxylation sites is 3. The van der Waals surface area contributed by atoms with Crippen LogP contribution in [0.15, 0.2) is 158 Å². The number of benzene rings is 6. The Morgan fingerprint density at radius 3 is 1.61 bits per heavy atom. The second-order valence-electron chi connectivity index (χ2n) is 15.1. The van der Waals surface area contributed by atoms with Crippen LogP contribution in [-0.2, 0) is 22.0 Å². The lowest BCUT2D eigenvalue weighted by Crippen LogP contribution is -2.39. The fourth-order valence-corrected chi connectivity index (χ4v) is 9.84. The van der Waals surface area contributed by atoms with E-state index in [4.69, 9.17) is 37.9 Å². The van der Waals surface area contributed by atoms with Gasteiger partial charge in [0.05, 0.1) is 22.4 Å². The van der Waals surface area contributed by atoms with E-state index in [2.05, 4.69) is 103 Å². The van der Waals surface area contributed by atoms with Crippen molar-refractivity contribution in [2.24, 2.45) is 0 Å². The molecule has 4 nitrogen and oxygen atoms in total. The van der Waals surface area contributed by atoms with Crippen LogP contribution >= 0.6 is 23.2 Å². The Labute approximate surface area is 335 Å². The number of nitrogens with zero attached hydrogens (tertiary/aromatic N) is 2. The summed E-state index contributed by atoms with van der Waals surface area (Å²) in [5, 5.41) is 3.44. The standard InChI is InChI=1S/C50H36Cl2N2O2/c51-35-19-21-38-40(29-35)49(25-23-32-11-3-1-4-12-32,42-27-33-13-7-9-17-44(33)53-47(38)42)31-50(26-24-46(55)56-37-15-5-2-6-16-37)41-30-36(52)20-22-39(41)48-43(50)28-34-14-8-10-18-45(34)54-48/h1-22,27-30H,23-26,31H2. The number of carbonyl (C=O) groups excluding carboxylic acids is 1. The maximum absolute atomic E-state index is 13.9. The molecule has 0 amide bonds. The number of ether oxygens (including phenoxy) is 1. The van der Waals surface area contributed by atoms with Gasteiger partial charge in [-0.1, -0.05) is 120 Å². The largest absolute Gasteiger partial charge is 0.427 e. The zero-order valence-corrected chi connectivity index (χ0v) is 32.0. The van der Waals surface area contributed by atoms with Crippen LogP contribution < -0.4 is 4.74 Å². The Hall–Kier alpha value is -5.81. The molecule has 0 saturated heterocycles. The van der Waals surface area contributed by atoms with E-state index in [1.165, 1.54) is 11.1 Å². The van der Waals surface area contributed by atoms with Crippen molar-refractivity contribution in [1.29, 1.82) is 0 Å². The molecule has 2 unspecified atom stereocenters. The molecule has 2 aliphatic carbocycles. The van der Waals surface area contributed by atoms with Crippen LogP contribution in [0.2, 0.25) is 10.0 Å². The highest BCUT2D eigenvalue weighted by molar-refractivity contribution is 6.31. The molecule has 6 aromatic carbocycles. The van der Waals surface area contributed by atoms with Crippen molar-refractivity contribution in [2.45, 2.75) is 42.9 Å². The summed E-state index contributed by atoms with van der Waals surface area (Å²) in [7, 11) is 0. The summed E-state index contributed by atoms with van der Waals surface area (Å²) in [6.07, 6.45) is 2.86. The van der Waals surface area contributed by atoms with Crippen LogP contribution in [0.3, 0.4) is 0 Å². The average molecular weight is 768 g/mol. The first-order chi connectivity index (χ1) is 27.4. The molecule has 0 radical (unpaired) electrons. The van der Waals surface area contributed by atoms with Gasteiger partial charge in [0.15, 0.2) is 0 Å². The Kier molecular flexibility index (Phi) is 8.50. The van der Waals surface area contributed by atoms with Crippen molar-refractivity contribution >= 4 is 51.0 Å². The number of aromatic nitrogens is 2. The maximum Gasteiger partial charge on any atom is 0.311 e. The predicted octanol–water partition coefficient (Wildman–Crippen LogP) is 12.7. The molecule has 0 N–H and O–H groups in total. The van der Waals surface area contributed by atoms with E-state index in [1.54, 1.807) is 0 Å². The van der Waals surface area contributed by atoms with Crippen molar-refractivity contribution in [1.82, 2.24) is 9.97 Å².